The zero-order chi connectivity index (χ0) is 49.2. The Morgan fingerprint density at radius 2 is 0.662 bits per heavy atom. The number of carbonyl (C=O) groups is 2. The van der Waals surface area contributed by atoms with Crippen LogP contribution in [0.5, 0.6) is 0 Å². The Labute approximate surface area is 423 Å². The third-order valence-electron chi connectivity index (χ3n) is 12.7. The van der Waals surface area contributed by atoms with E-state index in [9.17, 15) is 9.59 Å². The van der Waals surface area contributed by atoms with E-state index in [-0.39, 0.29) is 25.2 Å². The summed E-state index contributed by atoms with van der Waals surface area (Å²) in [6, 6.07) is 0. The van der Waals surface area contributed by atoms with Gasteiger partial charge in [0.25, 0.3) is 0 Å². The molecule has 0 N–H and O–H groups in total. The van der Waals surface area contributed by atoms with Crippen LogP contribution in [0, 0.1) is 0 Å². The van der Waals surface area contributed by atoms with Crippen LogP contribution in [0.4, 0.5) is 0 Å². The summed E-state index contributed by atoms with van der Waals surface area (Å²) in [4.78, 5) is 25.5. The molecule has 0 aliphatic heterocycles. The predicted octanol–water partition coefficient (Wildman–Crippen LogP) is 20.2. The van der Waals surface area contributed by atoms with Gasteiger partial charge in [-0.15, -0.1) is 0 Å². The van der Waals surface area contributed by atoms with Gasteiger partial charge in [0.2, 0.25) is 0 Å². The lowest BCUT2D eigenvalue weighted by atomic mass is 10.0. The molecule has 0 heterocycles. The first-order valence-electron chi connectivity index (χ1n) is 29.5. The van der Waals surface area contributed by atoms with E-state index in [0.29, 0.717) is 19.4 Å². The van der Waals surface area contributed by atoms with E-state index in [0.717, 1.165) is 83.5 Å². The molecule has 0 spiro atoms. The Morgan fingerprint density at radius 3 is 1.09 bits per heavy atom. The minimum Gasteiger partial charge on any atom is -0.462 e. The van der Waals surface area contributed by atoms with Crippen molar-refractivity contribution in [1.29, 1.82) is 0 Å². The summed E-state index contributed by atoms with van der Waals surface area (Å²) in [5.74, 6) is -0.404. The van der Waals surface area contributed by atoms with Crippen molar-refractivity contribution in [3.05, 3.63) is 72.9 Å². The molecule has 0 radical (unpaired) electrons. The van der Waals surface area contributed by atoms with E-state index in [1.165, 1.54) is 173 Å². The van der Waals surface area contributed by atoms with Crippen molar-refractivity contribution in [2.24, 2.45) is 0 Å². The van der Waals surface area contributed by atoms with E-state index >= 15 is 0 Å². The molecule has 1 atom stereocenters. The van der Waals surface area contributed by atoms with Gasteiger partial charge in [-0.3, -0.25) is 9.59 Å². The van der Waals surface area contributed by atoms with E-state index in [4.69, 9.17) is 14.2 Å². The molecule has 0 aliphatic rings. The number of allylic oxidation sites excluding steroid dienone is 12. The molecular weight excluding hydrogens is 837 g/mol. The fraction of sp³-hybridized carbons (Fsp3) is 0.778. The van der Waals surface area contributed by atoms with Gasteiger partial charge >= 0.3 is 11.9 Å². The summed E-state index contributed by atoms with van der Waals surface area (Å²) in [5, 5.41) is 0. The van der Waals surface area contributed by atoms with Crippen LogP contribution in [-0.2, 0) is 23.8 Å². The Kier molecular flexibility index (Phi) is 56.4. The lowest BCUT2D eigenvalue weighted by Crippen LogP contribution is -2.30. The zero-order valence-corrected chi connectivity index (χ0v) is 45.4. The molecule has 0 aromatic heterocycles. The topological polar surface area (TPSA) is 61.8 Å². The summed E-state index contributed by atoms with van der Waals surface area (Å²) in [6.07, 6.45) is 76.3. The second-order valence-corrected chi connectivity index (χ2v) is 19.5. The summed E-state index contributed by atoms with van der Waals surface area (Å²) in [5.41, 5.74) is 0. The molecule has 0 rings (SSSR count). The van der Waals surface area contributed by atoms with Gasteiger partial charge in [-0.2, -0.15) is 0 Å². The van der Waals surface area contributed by atoms with Gasteiger partial charge in [-0.1, -0.05) is 261 Å². The van der Waals surface area contributed by atoms with Crippen molar-refractivity contribution in [3.63, 3.8) is 0 Å². The smallest absolute Gasteiger partial charge is 0.306 e. The monoisotopic (exact) mass is 949 g/mol. The first kappa shape index (κ1) is 65.3. The number of hydrogen-bond acceptors (Lipinski definition) is 5. The average Bonchev–Trinajstić information content (AvgIpc) is 3.34. The molecule has 1 unspecified atom stereocenters. The van der Waals surface area contributed by atoms with Crippen LogP contribution >= 0.6 is 0 Å². The van der Waals surface area contributed by atoms with Gasteiger partial charge in [-0.05, 0) is 89.9 Å². The molecule has 0 bridgehead atoms. The van der Waals surface area contributed by atoms with E-state index < -0.39 is 6.10 Å². The quantitative estimate of drug-likeness (QED) is 0.0345. The molecule has 0 saturated carbocycles. The van der Waals surface area contributed by atoms with Crippen LogP contribution in [0.15, 0.2) is 72.9 Å². The van der Waals surface area contributed by atoms with Crippen LogP contribution in [0.25, 0.3) is 0 Å². The minimum atomic E-state index is -0.547. The van der Waals surface area contributed by atoms with E-state index in [1.54, 1.807) is 0 Å². The molecule has 5 nitrogen and oxygen atoms in total. The number of esters is 2. The molecular formula is C63H112O5. The maximum atomic E-state index is 12.9. The van der Waals surface area contributed by atoms with Crippen LogP contribution in [0.2, 0.25) is 0 Å². The minimum absolute atomic E-state index is 0.0761. The molecule has 0 aliphatic carbocycles. The highest BCUT2D eigenvalue weighted by molar-refractivity contribution is 5.70. The van der Waals surface area contributed by atoms with Gasteiger partial charge in [-0.25, -0.2) is 0 Å². The van der Waals surface area contributed by atoms with Gasteiger partial charge in [0, 0.05) is 19.4 Å². The van der Waals surface area contributed by atoms with Crippen molar-refractivity contribution in [3.8, 4) is 0 Å². The largest absolute Gasteiger partial charge is 0.462 e. The molecule has 0 fully saturated rings. The highest BCUT2D eigenvalue weighted by atomic mass is 16.6. The summed E-state index contributed by atoms with van der Waals surface area (Å²) < 4.78 is 17.5. The highest BCUT2D eigenvalue weighted by Crippen LogP contribution is 2.16. The maximum Gasteiger partial charge on any atom is 0.306 e. The first-order valence-corrected chi connectivity index (χ1v) is 29.5. The van der Waals surface area contributed by atoms with Gasteiger partial charge in [0.15, 0.2) is 6.10 Å². The number of carbonyl (C=O) groups excluding carboxylic acids is 2. The lowest BCUT2D eigenvalue weighted by Gasteiger charge is -2.18. The standard InChI is InChI=1S/C63H112O5/c1-4-7-10-13-16-19-22-25-28-30-32-33-36-38-41-44-47-50-53-56-62(64)67-60-61(68-63(65)57-54-51-48-45-42-39-35-27-24-21-18-15-12-9-6-3)59-66-58-55-52-49-46-43-40-37-34-31-29-26-23-20-17-14-11-8-5-2/h8,11,16-17,19-20,25-26,28-29,32-33,61H,4-7,9-10,12-15,18,21-24,27,30-31,34-60H2,1-3H3/b11-8-,19-16-,20-17-,28-25-,29-26-,33-32-. The second kappa shape index (κ2) is 58.7. The van der Waals surface area contributed by atoms with Crippen molar-refractivity contribution in [2.75, 3.05) is 19.8 Å². The van der Waals surface area contributed by atoms with Crippen molar-refractivity contribution >= 4 is 11.9 Å². The Hall–Kier alpha value is -2.66. The highest BCUT2D eigenvalue weighted by Gasteiger charge is 2.17. The number of rotatable bonds is 54. The number of unbranched alkanes of at least 4 members (excludes halogenated alkanes) is 31. The Morgan fingerprint density at radius 1 is 0.338 bits per heavy atom. The lowest BCUT2D eigenvalue weighted by molar-refractivity contribution is -0.163. The number of ether oxygens (including phenoxy) is 3. The predicted molar refractivity (Wildman–Crippen MR) is 297 cm³/mol. The van der Waals surface area contributed by atoms with Crippen LogP contribution in [-0.4, -0.2) is 37.9 Å². The van der Waals surface area contributed by atoms with Gasteiger partial charge in [0.1, 0.15) is 6.61 Å². The van der Waals surface area contributed by atoms with Crippen LogP contribution < -0.4 is 0 Å². The molecule has 394 valence electrons. The van der Waals surface area contributed by atoms with Crippen molar-refractivity contribution in [1.82, 2.24) is 0 Å². The molecule has 68 heavy (non-hydrogen) atoms. The SMILES string of the molecule is CC/C=C\C/C=C\C/C=C\CCCCCCCCCCOCC(COC(=O)CCCCCCCC/C=C\C/C=C\C/C=C\CCCCC)OC(=O)CCCCCCCCCCCCCCCCC. The van der Waals surface area contributed by atoms with Gasteiger partial charge in [0.05, 0.1) is 6.61 Å². The zero-order valence-electron chi connectivity index (χ0n) is 45.4. The molecule has 0 amide bonds. The van der Waals surface area contributed by atoms with Gasteiger partial charge < -0.3 is 14.2 Å². The molecule has 0 aromatic rings. The summed E-state index contributed by atoms with van der Waals surface area (Å²) in [7, 11) is 0. The summed E-state index contributed by atoms with van der Waals surface area (Å²) >= 11 is 0. The third kappa shape index (κ3) is 55.9. The van der Waals surface area contributed by atoms with E-state index in [1.807, 2.05) is 0 Å². The van der Waals surface area contributed by atoms with E-state index in [2.05, 4.69) is 93.7 Å². The molecule has 5 heteroatoms. The first-order chi connectivity index (χ1) is 33.6. The maximum absolute atomic E-state index is 12.9. The van der Waals surface area contributed by atoms with Crippen molar-refractivity contribution < 1.29 is 23.8 Å². The third-order valence-corrected chi connectivity index (χ3v) is 12.7. The number of hydrogen-bond donors (Lipinski definition) is 0. The Bertz CT molecular complexity index is 1210. The van der Waals surface area contributed by atoms with Crippen molar-refractivity contribution in [2.45, 2.75) is 297 Å². The molecule has 0 aromatic carbocycles. The average molecular weight is 950 g/mol. The Balaban J connectivity index is 4.29. The molecule has 0 saturated heterocycles. The summed E-state index contributed by atoms with van der Waals surface area (Å²) in [6.45, 7) is 7.70. The normalized spacial score (nSPS) is 12.7. The fourth-order valence-electron chi connectivity index (χ4n) is 8.36. The van der Waals surface area contributed by atoms with Crippen LogP contribution in [0.3, 0.4) is 0 Å². The second-order valence-electron chi connectivity index (χ2n) is 19.5. The fourth-order valence-corrected chi connectivity index (χ4v) is 8.36. The van der Waals surface area contributed by atoms with Crippen LogP contribution in [0.1, 0.15) is 290 Å².